The van der Waals surface area contributed by atoms with Gasteiger partial charge in [0.1, 0.15) is 5.65 Å². The fourth-order valence-corrected chi connectivity index (χ4v) is 1.28. The lowest BCUT2D eigenvalue weighted by atomic mass is 10.2. The topological polar surface area (TPSA) is 76.2 Å². The molecule has 2 aromatic heterocycles. The molecule has 0 saturated carbocycles. The summed E-state index contributed by atoms with van der Waals surface area (Å²) in [6.45, 7) is 3.60. The molecule has 0 amide bonds. The van der Waals surface area contributed by atoms with Crippen molar-refractivity contribution in [3.05, 3.63) is 33.9 Å². The maximum atomic E-state index is 11.3. The fourth-order valence-electron chi connectivity index (χ4n) is 1.28. The zero-order valence-corrected chi connectivity index (χ0v) is 8.11. The van der Waals surface area contributed by atoms with Crippen LogP contribution in [0.5, 0.6) is 0 Å². The fraction of sp³-hybridized carbons (Fsp3) is 0.333. The second kappa shape index (κ2) is 2.95. The molecule has 0 spiro atoms. The first-order valence-electron chi connectivity index (χ1n) is 4.42. The Bertz CT molecular complexity index is 523. The van der Waals surface area contributed by atoms with E-state index in [2.05, 4.69) is 10.1 Å². The first-order valence-corrected chi connectivity index (χ1v) is 4.42. The Hall–Kier alpha value is -1.62. The van der Waals surface area contributed by atoms with Gasteiger partial charge < -0.3 is 10.7 Å². The zero-order chi connectivity index (χ0) is 10.3. The van der Waals surface area contributed by atoms with E-state index in [1.165, 1.54) is 0 Å². The molecule has 0 unspecified atom stereocenters. The van der Waals surface area contributed by atoms with Crippen molar-refractivity contribution in [3.63, 3.8) is 0 Å². The van der Waals surface area contributed by atoms with Crippen molar-refractivity contribution in [1.29, 1.82) is 0 Å². The molecule has 0 aromatic carbocycles. The number of hydrogen-bond acceptors (Lipinski definition) is 3. The van der Waals surface area contributed by atoms with Gasteiger partial charge in [-0.2, -0.15) is 5.10 Å². The van der Waals surface area contributed by atoms with Crippen LogP contribution in [-0.4, -0.2) is 14.6 Å². The van der Waals surface area contributed by atoms with E-state index in [0.29, 0.717) is 11.2 Å². The molecule has 14 heavy (non-hydrogen) atoms. The minimum absolute atomic E-state index is 0.0892. The van der Waals surface area contributed by atoms with Crippen molar-refractivity contribution < 1.29 is 0 Å². The summed E-state index contributed by atoms with van der Waals surface area (Å²) < 4.78 is 1.63. The van der Waals surface area contributed by atoms with Crippen LogP contribution in [0, 0.1) is 6.92 Å². The van der Waals surface area contributed by atoms with Crippen molar-refractivity contribution in [3.8, 4) is 0 Å². The van der Waals surface area contributed by atoms with E-state index in [0.717, 1.165) is 5.69 Å². The molecule has 0 aliphatic heterocycles. The van der Waals surface area contributed by atoms with Crippen LogP contribution in [-0.2, 0) is 0 Å². The van der Waals surface area contributed by atoms with E-state index in [4.69, 9.17) is 5.73 Å². The van der Waals surface area contributed by atoms with Gasteiger partial charge in [0.2, 0.25) is 0 Å². The summed E-state index contributed by atoms with van der Waals surface area (Å²) in [5.41, 5.74) is 7.68. The number of hydrogen-bond donors (Lipinski definition) is 2. The number of nitrogens with zero attached hydrogens (tertiary/aromatic N) is 2. The van der Waals surface area contributed by atoms with E-state index in [1.54, 1.807) is 23.7 Å². The smallest absolute Gasteiger partial charge is 0.254 e. The highest BCUT2D eigenvalue weighted by Crippen LogP contribution is 2.08. The molecule has 2 aromatic rings. The summed E-state index contributed by atoms with van der Waals surface area (Å²) in [7, 11) is 0. The third kappa shape index (κ3) is 1.31. The van der Waals surface area contributed by atoms with Gasteiger partial charge in [0.15, 0.2) is 0 Å². The average molecular weight is 192 g/mol. The van der Waals surface area contributed by atoms with Crippen LogP contribution in [0.4, 0.5) is 0 Å². The predicted molar refractivity (Wildman–Crippen MR) is 53.2 cm³/mol. The van der Waals surface area contributed by atoms with Gasteiger partial charge in [0.25, 0.3) is 5.56 Å². The van der Waals surface area contributed by atoms with E-state index < -0.39 is 0 Å². The van der Waals surface area contributed by atoms with Gasteiger partial charge >= 0.3 is 0 Å². The summed E-state index contributed by atoms with van der Waals surface area (Å²) >= 11 is 0. The quantitative estimate of drug-likeness (QED) is 0.684. The van der Waals surface area contributed by atoms with Crippen LogP contribution < -0.4 is 11.3 Å². The van der Waals surface area contributed by atoms with E-state index >= 15 is 0 Å². The number of nitrogens with two attached hydrogens (primary N) is 1. The molecule has 2 heterocycles. The molecule has 0 radical (unpaired) electrons. The Morgan fingerprint density at radius 3 is 3.00 bits per heavy atom. The number of fused-ring (bicyclic) bond motifs is 1. The Kier molecular flexibility index (Phi) is 1.89. The van der Waals surface area contributed by atoms with Gasteiger partial charge in [-0.3, -0.25) is 4.79 Å². The Labute approximate surface area is 80.6 Å². The normalized spacial score (nSPS) is 13.4. The van der Waals surface area contributed by atoms with E-state index in [1.807, 2.05) is 6.92 Å². The summed E-state index contributed by atoms with van der Waals surface area (Å²) in [4.78, 5) is 14.0. The summed E-state index contributed by atoms with van der Waals surface area (Å²) in [6.07, 6.45) is 1.69. The molecule has 74 valence electrons. The van der Waals surface area contributed by atoms with Crippen molar-refractivity contribution in [2.24, 2.45) is 5.73 Å². The van der Waals surface area contributed by atoms with Crippen molar-refractivity contribution in [1.82, 2.24) is 14.6 Å². The van der Waals surface area contributed by atoms with E-state index in [-0.39, 0.29) is 11.6 Å². The second-order valence-electron chi connectivity index (χ2n) is 3.45. The highest BCUT2D eigenvalue weighted by Gasteiger charge is 2.06. The van der Waals surface area contributed by atoms with E-state index in [9.17, 15) is 4.79 Å². The van der Waals surface area contributed by atoms with Crippen LogP contribution in [0.1, 0.15) is 24.2 Å². The van der Waals surface area contributed by atoms with Crippen LogP contribution in [0.2, 0.25) is 0 Å². The number of nitrogens with one attached hydrogen (secondary N) is 1. The molecule has 0 aliphatic carbocycles. The Morgan fingerprint density at radius 1 is 1.64 bits per heavy atom. The largest absolute Gasteiger partial charge is 0.323 e. The number of rotatable bonds is 1. The molecular formula is C9H12N4O. The molecule has 0 aliphatic rings. The number of aromatic nitrogens is 3. The first-order chi connectivity index (χ1) is 6.58. The summed E-state index contributed by atoms with van der Waals surface area (Å²) in [6, 6.07) is 1.66. The lowest BCUT2D eigenvalue weighted by Crippen LogP contribution is -2.11. The molecule has 0 bridgehead atoms. The number of aryl methyl sites for hydroxylation is 1. The minimum atomic E-state index is -0.126. The Morgan fingerprint density at radius 2 is 2.36 bits per heavy atom. The highest BCUT2D eigenvalue weighted by molar-refractivity contribution is 5.39. The second-order valence-corrected chi connectivity index (χ2v) is 3.45. The molecule has 0 fully saturated rings. The van der Waals surface area contributed by atoms with Crippen LogP contribution in [0.3, 0.4) is 0 Å². The first kappa shape index (κ1) is 8.96. The third-order valence-electron chi connectivity index (χ3n) is 2.14. The number of aromatic amines is 1. The van der Waals surface area contributed by atoms with Gasteiger partial charge in [0.05, 0.1) is 5.69 Å². The van der Waals surface area contributed by atoms with Crippen molar-refractivity contribution in [2.75, 3.05) is 0 Å². The molecule has 1 atom stereocenters. The molecule has 2 rings (SSSR count). The standard InChI is InChI=1S/C9H12N4O/c1-5-4-13-8(11-9(5)14)3-7(12-13)6(2)10/h3-4,6H,10H2,1-2H3,(H,11,14)/t6-/m0/s1. The van der Waals surface area contributed by atoms with Gasteiger partial charge in [0, 0.05) is 23.9 Å². The van der Waals surface area contributed by atoms with Gasteiger partial charge in [-0.05, 0) is 13.8 Å². The third-order valence-corrected chi connectivity index (χ3v) is 2.14. The maximum absolute atomic E-state index is 11.3. The maximum Gasteiger partial charge on any atom is 0.254 e. The summed E-state index contributed by atoms with van der Waals surface area (Å²) in [5, 5.41) is 4.24. The lowest BCUT2D eigenvalue weighted by Gasteiger charge is -1.96. The minimum Gasteiger partial charge on any atom is -0.323 e. The number of H-pyrrole nitrogens is 1. The predicted octanol–water partition coefficient (Wildman–Crippen LogP) is 0.351. The zero-order valence-electron chi connectivity index (χ0n) is 8.11. The Balaban J connectivity index is 2.72. The molecule has 0 saturated heterocycles. The van der Waals surface area contributed by atoms with Gasteiger partial charge in [-0.15, -0.1) is 0 Å². The van der Waals surface area contributed by atoms with Crippen LogP contribution in [0.15, 0.2) is 17.1 Å². The average Bonchev–Trinajstić information content (AvgIpc) is 2.48. The SMILES string of the molecule is Cc1cn2nc([C@H](C)N)cc2[nH]c1=O. The van der Waals surface area contributed by atoms with Crippen LogP contribution in [0.25, 0.3) is 5.65 Å². The molecule has 3 N–H and O–H groups in total. The summed E-state index contributed by atoms with van der Waals surface area (Å²) in [5.74, 6) is 0. The lowest BCUT2D eigenvalue weighted by molar-refractivity contribution is 0.753. The van der Waals surface area contributed by atoms with Gasteiger partial charge in [-0.1, -0.05) is 0 Å². The molecule has 5 heteroatoms. The van der Waals surface area contributed by atoms with Crippen molar-refractivity contribution in [2.45, 2.75) is 19.9 Å². The van der Waals surface area contributed by atoms with Crippen molar-refractivity contribution >= 4 is 5.65 Å². The molecular weight excluding hydrogens is 180 g/mol. The highest BCUT2D eigenvalue weighted by atomic mass is 16.1. The van der Waals surface area contributed by atoms with Gasteiger partial charge in [-0.25, -0.2) is 4.52 Å². The monoisotopic (exact) mass is 192 g/mol. The molecule has 5 nitrogen and oxygen atoms in total. The van der Waals surface area contributed by atoms with Crippen LogP contribution >= 0.6 is 0 Å².